The maximum absolute atomic E-state index is 10.6. The molecule has 3 radical (unpaired) electrons. The zero-order chi connectivity index (χ0) is 4.28. The first-order valence-corrected chi connectivity index (χ1v) is 1.20. The minimum absolute atomic E-state index is 0.778. The van der Waals surface area contributed by atoms with Gasteiger partial charge in [-0.25, -0.2) is 8.78 Å². The quantitative estimate of drug-likeness (QED) is 0.441. The highest BCUT2D eigenvalue weighted by Gasteiger charge is 1.91. The standard InChI is InChI=1S/C3H3F2/c1-2-3(4)5/h3H,2H2. The van der Waals surface area contributed by atoms with Crippen molar-refractivity contribution in [1.82, 2.24) is 0 Å². The largest absolute Gasteiger partial charge is 0.239 e. The van der Waals surface area contributed by atoms with E-state index in [9.17, 15) is 8.78 Å². The first-order chi connectivity index (χ1) is 2.27. The van der Waals surface area contributed by atoms with Crippen molar-refractivity contribution in [2.75, 3.05) is 0 Å². The van der Waals surface area contributed by atoms with E-state index in [-0.39, 0.29) is 0 Å². The summed E-state index contributed by atoms with van der Waals surface area (Å²) in [5.41, 5.74) is 0. The van der Waals surface area contributed by atoms with Crippen LogP contribution in [-0.4, -0.2) is 6.43 Å². The Bertz CT molecular complexity index is 18.9. The summed E-state index contributed by atoms with van der Waals surface area (Å²) in [5, 5.41) is 0. The highest BCUT2D eigenvalue weighted by molar-refractivity contribution is 4.37. The van der Waals surface area contributed by atoms with Gasteiger partial charge in [-0.15, -0.1) is 0 Å². The fraction of sp³-hybridized carbons (Fsp3) is 0.667. The van der Waals surface area contributed by atoms with Crippen LogP contribution in [0, 0.1) is 6.92 Å². The molecule has 0 aliphatic heterocycles. The number of hydrogen-bond donors (Lipinski definition) is 0. The Hall–Kier alpha value is -0.140. The molecular weight excluding hydrogens is 74.0 g/mol. The molecule has 0 aliphatic carbocycles. The third kappa shape index (κ3) is 3.86. The van der Waals surface area contributed by atoms with Gasteiger partial charge in [-0.3, -0.25) is 0 Å². The lowest BCUT2D eigenvalue weighted by atomic mass is 10.5. The van der Waals surface area contributed by atoms with Crippen molar-refractivity contribution in [3.63, 3.8) is 0 Å². The third-order valence-corrected chi connectivity index (χ3v) is 0.154. The van der Waals surface area contributed by atoms with E-state index in [4.69, 9.17) is 6.92 Å². The molecule has 0 saturated heterocycles. The van der Waals surface area contributed by atoms with Gasteiger partial charge in [0, 0.05) is 6.42 Å². The summed E-state index contributed by atoms with van der Waals surface area (Å²) in [6.07, 6.45) is -3.23. The van der Waals surface area contributed by atoms with Gasteiger partial charge in [0.15, 0.2) is 0 Å². The van der Waals surface area contributed by atoms with E-state index in [1.54, 1.807) is 0 Å². The fourth-order valence-corrected chi connectivity index (χ4v) is 0. The second-order valence-electron chi connectivity index (χ2n) is 0.595. The Labute approximate surface area is 29.8 Å². The molecule has 0 nitrogen and oxygen atoms in total. The molecule has 0 amide bonds. The van der Waals surface area contributed by atoms with Crippen LogP contribution in [0.25, 0.3) is 0 Å². The fourth-order valence-electron chi connectivity index (χ4n) is 0. The normalized spacial score (nSPS) is 9.60. The number of halogens is 2. The topological polar surface area (TPSA) is 0 Å². The highest BCUT2D eigenvalue weighted by atomic mass is 19.3. The summed E-state index contributed by atoms with van der Waals surface area (Å²) in [7, 11) is 0. The van der Waals surface area contributed by atoms with Crippen LogP contribution in [-0.2, 0) is 0 Å². The Morgan fingerprint density at radius 1 is 1.60 bits per heavy atom. The van der Waals surface area contributed by atoms with Gasteiger partial charge in [-0.2, -0.15) is 0 Å². The lowest BCUT2D eigenvalue weighted by Crippen LogP contribution is -1.81. The molecule has 0 aliphatic rings. The van der Waals surface area contributed by atoms with Crippen LogP contribution in [0.3, 0.4) is 0 Å². The molecule has 0 spiro atoms. The van der Waals surface area contributed by atoms with Crippen molar-refractivity contribution in [3.8, 4) is 0 Å². The summed E-state index contributed by atoms with van der Waals surface area (Å²) in [5.74, 6) is 0. The van der Waals surface area contributed by atoms with E-state index in [1.807, 2.05) is 0 Å². The van der Waals surface area contributed by atoms with Gasteiger partial charge in [-0.1, -0.05) is 0 Å². The van der Waals surface area contributed by atoms with Gasteiger partial charge >= 0.3 is 0 Å². The minimum Gasteiger partial charge on any atom is -0.211 e. The molecule has 5 heavy (non-hydrogen) atoms. The van der Waals surface area contributed by atoms with Crippen molar-refractivity contribution < 1.29 is 8.78 Å². The van der Waals surface area contributed by atoms with Gasteiger partial charge in [0.2, 0.25) is 6.43 Å². The zero-order valence-electron chi connectivity index (χ0n) is 2.54. The average Bonchev–Trinajstić information content (AvgIpc) is 1.38. The Morgan fingerprint density at radius 2 is 1.80 bits per heavy atom. The van der Waals surface area contributed by atoms with Gasteiger partial charge < -0.3 is 0 Å². The van der Waals surface area contributed by atoms with Crippen LogP contribution in [0.5, 0.6) is 0 Å². The zero-order valence-corrected chi connectivity index (χ0v) is 2.54. The van der Waals surface area contributed by atoms with Crippen molar-refractivity contribution in [2.45, 2.75) is 12.8 Å². The predicted molar refractivity (Wildman–Crippen MR) is 13.9 cm³/mol. The smallest absolute Gasteiger partial charge is 0.211 e. The van der Waals surface area contributed by atoms with Crippen LogP contribution in [0.1, 0.15) is 6.42 Å². The van der Waals surface area contributed by atoms with Crippen LogP contribution in [0.4, 0.5) is 8.78 Å². The molecule has 29 valence electrons. The van der Waals surface area contributed by atoms with Crippen molar-refractivity contribution in [3.05, 3.63) is 6.92 Å². The van der Waals surface area contributed by atoms with Gasteiger partial charge in [0.1, 0.15) is 0 Å². The molecule has 2 heteroatoms. The molecule has 0 rings (SSSR count). The minimum atomic E-state index is -2.45. The summed E-state index contributed by atoms with van der Waals surface area (Å²) < 4.78 is 21.2. The van der Waals surface area contributed by atoms with E-state index in [2.05, 4.69) is 0 Å². The van der Waals surface area contributed by atoms with E-state index >= 15 is 0 Å². The molecule has 0 N–H and O–H groups in total. The SMILES string of the molecule is [C]CC(F)F. The highest BCUT2D eigenvalue weighted by Crippen LogP contribution is 1.93. The molecule has 0 aromatic heterocycles. The Balaban J connectivity index is 2.54. The third-order valence-electron chi connectivity index (χ3n) is 0.154. The summed E-state index contributed by atoms with van der Waals surface area (Å²) in [6, 6.07) is 0. The van der Waals surface area contributed by atoms with E-state index in [1.165, 1.54) is 0 Å². The summed E-state index contributed by atoms with van der Waals surface area (Å²) in [4.78, 5) is 0. The maximum atomic E-state index is 10.6. The average molecular weight is 77.1 g/mol. The van der Waals surface area contributed by atoms with Crippen LogP contribution in [0.2, 0.25) is 0 Å². The number of hydrogen-bond acceptors (Lipinski definition) is 0. The van der Waals surface area contributed by atoms with Gasteiger partial charge in [0.25, 0.3) is 0 Å². The van der Waals surface area contributed by atoms with Gasteiger partial charge in [-0.05, 0) is 6.92 Å². The van der Waals surface area contributed by atoms with Crippen LogP contribution in [0.15, 0.2) is 0 Å². The molecule has 0 aromatic rings. The Morgan fingerprint density at radius 3 is 1.80 bits per heavy atom. The molecule has 0 fully saturated rings. The van der Waals surface area contributed by atoms with Crippen LogP contribution < -0.4 is 0 Å². The second-order valence-corrected chi connectivity index (χ2v) is 0.595. The lowest BCUT2D eigenvalue weighted by molar-refractivity contribution is 0.151. The molecule has 0 heterocycles. The lowest BCUT2D eigenvalue weighted by Gasteiger charge is -1.80. The van der Waals surface area contributed by atoms with Crippen molar-refractivity contribution in [1.29, 1.82) is 0 Å². The number of rotatable bonds is 1. The first-order valence-electron chi connectivity index (χ1n) is 1.20. The van der Waals surface area contributed by atoms with Crippen LogP contribution >= 0.6 is 0 Å². The molecule has 0 aromatic carbocycles. The first kappa shape index (κ1) is 4.86. The second kappa shape index (κ2) is 2.12. The Kier molecular flexibility index (Phi) is 2.06. The molecule has 0 unspecified atom stereocenters. The molecule has 0 atom stereocenters. The monoisotopic (exact) mass is 77.0 g/mol. The summed E-state index contributed by atoms with van der Waals surface area (Å²) >= 11 is 0. The summed E-state index contributed by atoms with van der Waals surface area (Å²) in [6.45, 7) is 5.91. The predicted octanol–water partition coefficient (Wildman–Crippen LogP) is 1.23. The van der Waals surface area contributed by atoms with Crippen molar-refractivity contribution in [2.24, 2.45) is 0 Å². The maximum Gasteiger partial charge on any atom is 0.239 e. The van der Waals surface area contributed by atoms with E-state index < -0.39 is 12.8 Å². The molecule has 0 saturated carbocycles. The number of alkyl halides is 2. The molecule has 0 bridgehead atoms. The van der Waals surface area contributed by atoms with Gasteiger partial charge in [0.05, 0.1) is 0 Å². The van der Waals surface area contributed by atoms with E-state index in [0.717, 1.165) is 0 Å². The molecular formula is C3H3F2. The van der Waals surface area contributed by atoms with E-state index in [0.29, 0.717) is 0 Å². The van der Waals surface area contributed by atoms with Crippen molar-refractivity contribution >= 4 is 0 Å².